The van der Waals surface area contributed by atoms with Crippen LogP contribution in [0, 0.1) is 0 Å². The van der Waals surface area contributed by atoms with E-state index in [1.54, 1.807) is 29.1 Å². The van der Waals surface area contributed by atoms with E-state index >= 15 is 0 Å². The van der Waals surface area contributed by atoms with E-state index in [2.05, 4.69) is 25.6 Å². The predicted octanol–water partition coefficient (Wildman–Crippen LogP) is -0.320. The smallest absolute Gasteiger partial charge is 0.352 e. The van der Waals surface area contributed by atoms with Gasteiger partial charge in [-0.15, -0.1) is 23.1 Å². The van der Waals surface area contributed by atoms with Gasteiger partial charge >= 0.3 is 5.97 Å². The standard InChI is InChI=1S/C20H16N8O6S2/c21-20-24-11(7-36-20)12(26-33)15(29)25-13-17(30)28-14(19(31)32)10(6-35-18(13)28)5-27-3-1-2-9(4-27)16-22-8-23-34-16/h1-4,7-8,13,18H,5-6H2,(H4-,21,24,25,29,31,32,33)/p+1/t13-,18-/m1/s1. The fourth-order valence-corrected chi connectivity index (χ4v) is 5.77. The lowest BCUT2D eigenvalue weighted by Gasteiger charge is -2.49. The molecule has 0 aliphatic carbocycles. The molecule has 0 spiro atoms. The highest BCUT2D eigenvalue weighted by molar-refractivity contribution is 8.00. The molecule has 16 heteroatoms. The Hall–Kier alpha value is -4.31. The molecule has 0 saturated carbocycles. The molecule has 3 aromatic rings. The number of β-lactam (4-membered cyclic amide) rings is 1. The fraction of sp³-hybridized carbons (Fsp3) is 0.200. The number of carboxylic acid groups (broad SMARTS) is 1. The minimum atomic E-state index is -1.25. The maximum absolute atomic E-state index is 12.9. The van der Waals surface area contributed by atoms with Crippen LogP contribution >= 0.6 is 23.1 Å². The monoisotopic (exact) mass is 529 g/mol. The van der Waals surface area contributed by atoms with Gasteiger partial charge in [-0.1, -0.05) is 10.3 Å². The molecule has 3 aromatic heterocycles. The van der Waals surface area contributed by atoms with Gasteiger partial charge in [0.05, 0.1) is 0 Å². The lowest BCUT2D eigenvalue weighted by atomic mass is 10.0. The van der Waals surface area contributed by atoms with Crippen LogP contribution in [-0.2, 0) is 20.9 Å². The number of carbonyl (C=O) groups is 3. The molecule has 0 bridgehead atoms. The van der Waals surface area contributed by atoms with Crippen molar-refractivity contribution in [3.05, 3.63) is 53.2 Å². The molecule has 2 aliphatic rings. The van der Waals surface area contributed by atoms with E-state index in [9.17, 15) is 24.7 Å². The van der Waals surface area contributed by atoms with E-state index in [0.29, 0.717) is 22.8 Å². The summed E-state index contributed by atoms with van der Waals surface area (Å²) in [7, 11) is 0. The van der Waals surface area contributed by atoms with Crippen molar-refractivity contribution in [1.29, 1.82) is 0 Å². The van der Waals surface area contributed by atoms with E-state index in [1.807, 2.05) is 0 Å². The molecule has 14 nitrogen and oxygen atoms in total. The van der Waals surface area contributed by atoms with Crippen LogP contribution in [0.25, 0.3) is 11.5 Å². The molecule has 5 rings (SSSR count). The average molecular weight is 530 g/mol. The van der Waals surface area contributed by atoms with Crippen molar-refractivity contribution in [1.82, 2.24) is 25.3 Å². The first kappa shape index (κ1) is 23.4. The van der Waals surface area contributed by atoms with E-state index in [-0.39, 0.29) is 23.1 Å². The van der Waals surface area contributed by atoms with Crippen LogP contribution in [0.3, 0.4) is 0 Å². The number of aliphatic carboxylic acids is 1. The normalized spacial score (nSPS) is 19.6. The maximum atomic E-state index is 12.9. The number of nitrogens with one attached hydrogen (secondary N) is 1. The predicted molar refractivity (Wildman–Crippen MR) is 124 cm³/mol. The second-order valence-electron chi connectivity index (χ2n) is 7.65. The van der Waals surface area contributed by atoms with Crippen molar-refractivity contribution in [2.24, 2.45) is 5.16 Å². The SMILES string of the molecule is Nc1nc(/C(=N/O)C(=O)N[C@@H]2C(=O)N3C(C(=O)O)=C(C[n+]4cccc(-c5ncno5)c4)CS[C@H]23)cs1. The van der Waals surface area contributed by atoms with Crippen LogP contribution in [0.15, 0.2) is 57.2 Å². The lowest BCUT2D eigenvalue weighted by molar-refractivity contribution is -0.688. The minimum Gasteiger partial charge on any atom is -0.477 e. The van der Waals surface area contributed by atoms with Crippen LogP contribution in [0.1, 0.15) is 5.69 Å². The Balaban J connectivity index is 1.34. The summed E-state index contributed by atoms with van der Waals surface area (Å²) >= 11 is 2.37. The van der Waals surface area contributed by atoms with Gasteiger partial charge in [-0.2, -0.15) is 4.98 Å². The summed E-state index contributed by atoms with van der Waals surface area (Å²) in [5, 5.41) is 29.3. The topological polar surface area (TPSA) is 201 Å². The van der Waals surface area contributed by atoms with Crippen LogP contribution in [-0.4, -0.2) is 71.0 Å². The van der Waals surface area contributed by atoms with Crippen LogP contribution in [0.4, 0.5) is 5.13 Å². The highest BCUT2D eigenvalue weighted by atomic mass is 32.2. The number of carboxylic acids is 1. The molecule has 0 aromatic carbocycles. The molecule has 184 valence electrons. The quantitative estimate of drug-likeness (QED) is 0.103. The zero-order valence-electron chi connectivity index (χ0n) is 18.1. The van der Waals surface area contributed by atoms with Crippen molar-refractivity contribution in [3.63, 3.8) is 0 Å². The summed E-state index contributed by atoms with van der Waals surface area (Å²) in [6.45, 7) is 0.205. The number of rotatable bonds is 7. The number of aromatic nitrogens is 4. The average Bonchev–Trinajstić information content (AvgIpc) is 3.55. The summed E-state index contributed by atoms with van der Waals surface area (Å²) < 4.78 is 6.83. The first-order chi connectivity index (χ1) is 17.4. The summed E-state index contributed by atoms with van der Waals surface area (Å²) in [4.78, 5) is 46.8. The molecule has 2 amide bonds. The molecule has 5 heterocycles. The largest absolute Gasteiger partial charge is 0.477 e. The minimum absolute atomic E-state index is 0.0608. The van der Waals surface area contributed by atoms with Crippen molar-refractivity contribution < 1.29 is 33.8 Å². The van der Waals surface area contributed by atoms with Gasteiger partial charge in [-0.25, -0.2) is 14.3 Å². The first-order valence-electron chi connectivity index (χ1n) is 10.3. The van der Waals surface area contributed by atoms with E-state index in [4.69, 9.17) is 10.3 Å². The van der Waals surface area contributed by atoms with Gasteiger partial charge in [0.2, 0.25) is 0 Å². The van der Waals surface area contributed by atoms with Gasteiger partial charge in [0.1, 0.15) is 28.4 Å². The number of anilines is 1. The van der Waals surface area contributed by atoms with E-state index in [0.717, 1.165) is 16.2 Å². The lowest BCUT2D eigenvalue weighted by Crippen LogP contribution is -2.71. The number of thiazole rings is 1. The third-order valence-electron chi connectivity index (χ3n) is 5.46. The number of amides is 2. The second kappa shape index (κ2) is 9.38. The van der Waals surface area contributed by atoms with Crippen molar-refractivity contribution in [3.8, 4) is 11.5 Å². The fourth-order valence-electron chi connectivity index (χ4n) is 3.89. The van der Waals surface area contributed by atoms with Crippen molar-refractivity contribution in [2.45, 2.75) is 18.0 Å². The maximum Gasteiger partial charge on any atom is 0.352 e. The Labute approximate surface area is 210 Å². The number of thioether (sulfide) groups is 1. The Bertz CT molecular complexity index is 1420. The molecule has 0 unspecified atom stereocenters. The van der Waals surface area contributed by atoms with Crippen molar-refractivity contribution >= 4 is 51.7 Å². The Morgan fingerprint density at radius 1 is 1.42 bits per heavy atom. The van der Waals surface area contributed by atoms with E-state index in [1.165, 1.54) is 23.5 Å². The van der Waals surface area contributed by atoms with Crippen LogP contribution < -0.4 is 15.6 Å². The highest BCUT2D eigenvalue weighted by Gasteiger charge is 2.54. The highest BCUT2D eigenvalue weighted by Crippen LogP contribution is 2.40. The summed E-state index contributed by atoms with van der Waals surface area (Å²) in [6, 6.07) is 2.54. The second-order valence-corrected chi connectivity index (χ2v) is 9.64. The van der Waals surface area contributed by atoms with Crippen LogP contribution in [0.5, 0.6) is 0 Å². The Morgan fingerprint density at radius 2 is 2.25 bits per heavy atom. The molecule has 1 fully saturated rings. The molecule has 5 N–H and O–H groups in total. The van der Waals surface area contributed by atoms with Gasteiger partial charge in [-0.05, 0) is 6.07 Å². The summed E-state index contributed by atoms with van der Waals surface area (Å²) in [5.41, 5.74) is 6.27. The Kier molecular flexibility index (Phi) is 6.11. The molecular weight excluding hydrogens is 512 g/mol. The zero-order valence-corrected chi connectivity index (χ0v) is 19.8. The molecule has 1 saturated heterocycles. The number of pyridine rings is 1. The number of fused-ring (bicyclic) bond motifs is 1. The van der Waals surface area contributed by atoms with E-state index < -0.39 is 34.9 Å². The molecule has 2 atom stereocenters. The Morgan fingerprint density at radius 3 is 2.92 bits per heavy atom. The number of nitrogens with two attached hydrogens (primary N) is 1. The number of hydrogen-bond donors (Lipinski definition) is 4. The number of oxime groups is 1. The van der Waals surface area contributed by atoms with Gasteiger partial charge in [-0.3, -0.25) is 14.5 Å². The molecule has 36 heavy (non-hydrogen) atoms. The number of hydrogen-bond acceptors (Lipinski definition) is 12. The molecular formula is C20H17N8O6S2+. The van der Waals surface area contributed by atoms with Gasteiger partial charge in [0.15, 0.2) is 36.1 Å². The van der Waals surface area contributed by atoms with Gasteiger partial charge in [0.25, 0.3) is 17.7 Å². The number of nitrogen functional groups attached to an aromatic ring is 1. The zero-order chi connectivity index (χ0) is 25.4. The van der Waals surface area contributed by atoms with Gasteiger partial charge in [0, 0.05) is 22.8 Å². The van der Waals surface area contributed by atoms with Gasteiger partial charge < -0.3 is 25.9 Å². The molecule has 2 aliphatic heterocycles. The van der Waals surface area contributed by atoms with Crippen LogP contribution in [0.2, 0.25) is 0 Å². The number of carbonyl (C=O) groups excluding carboxylic acids is 2. The summed E-state index contributed by atoms with van der Waals surface area (Å²) in [5.74, 6) is -2.05. The summed E-state index contributed by atoms with van der Waals surface area (Å²) in [6.07, 6.45) is 4.77. The third kappa shape index (κ3) is 4.16. The third-order valence-corrected chi connectivity index (χ3v) is 7.47. The molecule has 0 radical (unpaired) electrons. The van der Waals surface area contributed by atoms with Crippen molar-refractivity contribution in [2.75, 3.05) is 11.5 Å². The first-order valence-corrected chi connectivity index (χ1v) is 12.2. The number of nitrogens with zero attached hydrogens (tertiary/aromatic N) is 6.